The third kappa shape index (κ3) is 3.13. The summed E-state index contributed by atoms with van der Waals surface area (Å²) in [6, 6.07) is 6.98. The fourth-order valence-corrected chi connectivity index (χ4v) is 2.13. The van der Waals surface area contributed by atoms with Crippen molar-refractivity contribution in [2.24, 2.45) is 0 Å². The molecule has 1 aromatic heterocycles. The standard InChI is InChI=1S/C14H18N2O3/c1-19-8-4-7-15-13(14(17)18)11-9-16-12-6-3-2-5-10(11)12/h2-3,5-6,9,13,15-16H,4,7-8H2,1H3,(H,17,18)/t13-/m1/s1. The molecule has 5 heteroatoms. The lowest BCUT2D eigenvalue weighted by atomic mass is 10.1. The van der Waals surface area contributed by atoms with Crippen LogP contribution in [0, 0.1) is 0 Å². The highest BCUT2D eigenvalue weighted by Crippen LogP contribution is 2.24. The third-order valence-electron chi connectivity index (χ3n) is 3.05. The van der Waals surface area contributed by atoms with E-state index in [4.69, 9.17) is 4.74 Å². The average molecular weight is 262 g/mol. The normalized spacial score (nSPS) is 12.7. The molecule has 0 aliphatic heterocycles. The zero-order valence-corrected chi connectivity index (χ0v) is 10.8. The molecule has 0 radical (unpaired) electrons. The lowest BCUT2D eigenvalue weighted by Crippen LogP contribution is -2.29. The van der Waals surface area contributed by atoms with E-state index in [0.717, 1.165) is 22.9 Å². The van der Waals surface area contributed by atoms with Crippen LogP contribution in [0.4, 0.5) is 0 Å². The number of methoxy groups -OCH3 is 1. The Morgan fingerprint density at radius 2 is 2.26 bits per heavy atom. The lowest BCUT2D eigenvalue weighted by molar-refractivity contribution is -0.139. The Balaban J connectivity index is 2.16. The first-order valence-electron chi connectivity index (χ1n) is 6.25. The van der Waals surface area contributed by atoms with Crippen molar-refractivity contribution in [2.75, 3.05) is 20.3 Å². The number of carboxylic acid groups (broad SMARTS) is 1. The number of hydrogen-bond donors (Lipinski definition) is 3. The Morgan fingerprint density at radius 1 is 1.47 bits per heavy atom. The summed E-state index contributed by atoms with van der Waals surface area (Å²) >= 11 is 0. The number of aliphatic carboxylic acids is 1. The predicted molar refractivity (Wildman–Crippen MR) is 73.2 cm³/mol. The van der Waals surface area contributed by atoms with Gasteiger partial charge in [0.1, 0.15) is 6.04 Å². The molecule has 0 aliphatic rings. The number of benzene rings is 1. The second-order valence-electron chi connectivity index (χ2n) is 4.36. The van der Waals surface area contributed by atoms with Crippen LogP contribution >= 0.6 is 0 Å². The van der Waals surface area contributed by atoms with Crippen LogP contribution in [0.1, 0.15) is 18.0 Å². The highest BCUT2D eigenvalue weighted by Gasteiger charge is 2.21. The van der Waals surface area contributed by atoms with E-state index in [9.17, 15) is 9.90 Å². The Bertz CT molecular complexity index is 550. The molecule has 5 nitrogen and oxygen atoms in total. The Kier molecular flexibility index (Phi) is 4.54. The molecule has 2 rings (SSSR count). The molecule has 0 bridgehead atoms. The highest BCUT2D eigenvalue weighted by atomic mass is 16.5. The smallest absolute Gasteiger partial charge is 0.325 e. The molecule has 0 aliphatic carbocycles. The van der Waals surface area contributed by atoms with Gasteiger partial charge in [0.25, 0.3) is 0 Å². The molecule has 3 N–H and O–H groups in total. The van der Waals surface area contributed by atoms with Crippen LogP contribution in [0.3, 0.4) is 0 Å². The zero-order valence-electron chi connectivity index (χ0n) is 10.8. The van der Waals surface area contributed by atoms with Crippen molar-refractivity contribution < 1.29 is 14.6 Å². The van der Waals surface area contributed by atoms with Gasteiger partial charge in [-0.05, 0) is 19.0 Å². The van der Waals surface area contributed by atoms with Gasteiger partial charge in [0.2, 0.25) is 0 Å². The molecule has 0 saturated carbocycles. The van der Waals surface area contributed by atoms with Crippen LogP contribution in [0.2, 0.25) is 0 Å². The summed E-state index contributed by atoms with van der Waals surface area (Å²) in [4.78, 5) is 14.5. The van der Waals surface area contributed by atoms with E-state index < -0.39 is 12.0 Å². The van der Waals surface area contributed by atoms with Gasteiger partial charge in [-0.2, -0.15) is 0 Å². The number of fused-ring (bicyclic) bond motifs is 1. The summed E-state index contributed by atoms with van der Waals surface area (Å²) < 4.78 is 4.95. The van der Waals surface area contributed by atoms with Gasteiger partial charge in [0.15, 0.2) is 0 Å². The van der Waals surface area contributed by atoms with Gasteiger partial charge in [0, 0.05) is 36.4 Å². The van der Waals surface area contributed by atoms with E-state index in [1.165, 1.54) is 0 Å². The van der Waals surface area contributed by atoms with Crippen LogP contribution in [0.25, 0.3) is 10.9 Å². The average Bonchev–Trinajstić information content (AvgIpc) is 2.82. The van der Waals surface area contributed by atoms with Crippen LogP contribution in [0.15, 0.2) is 30.5 Å². The van der Waals surface area contributed by atoms with E-state index in [2.05, 4.69) is 10.3 Å². The van der Waals surface area contributed by atoms with Crippen molar-refractivity contribution in [2.45, 2.75) is 12.5 Å². The Labute approximate surface area is 111 Å². The predicted octanol–water partition coefficient (Wildman–Crippen LogP) is 1.92. The first kappa shape index (κ1) is 13.6. The van der Waals surface area contributed by atoms with Gasteiger partial charge in [-0.3, -0.25) is 4.79 Å². The molecule has 1 heterocycles. The van der Waals surface area contributed by atoms with Crippen molar-refractivity contribution in [1.29, 1.82) is 0 Å². The van der Waals surface area contributed by atoms with Crippen LogP contribution in [-0.4, -0.2) is 36.3 Å². The molecule has 102 valence electrons. The number of carboxylic acids is 1. The first-order valence-corrected chi connectivity index (χ1v) is 6.25. The lowest BCUT2D eigenvalue weighted by Gasteiger charge is -2.13. The zero-order chi connectivity index (χ0) is 13.7. The Hall–Kier alpha value is -1.85. The minimum atomic E-state index is -0.873. The molecule has 0 spiro atoms. The van der Waals surface area contributed by atoms with Crippen molar-refractivity contribution in [3.63, 3.8) is 0 Å². The number of para-hydroxylation sites is 1. The summed E-state index contributed by atoms with van der Waals surface area (Å²) in [5.41, 5.74) is 1.71. The van der Waals surface area contributed by atoms with E-state index in [1.54, 1.807) is 13.3 Å². The van der Waals surface area contributed by atoms with Gasteiger partial charge in [-0.25, -0.2) is 0 Å². The molecule has 1 aromatic carbocycles. The number of aromatic amines is 1. The van der Waals surface area contributed by atoms with Gasteiger partial charge >= 0.3 is 5.97 Å². The molecule has 0 amide bonds. The van der Waals surface area contributed by atoms with Crippen molar-refractivity contribution >= 4 is 16.9 Å². The molecule has 0 fully saturated rings. The van der Waals surface area contributed by atoms with Crippen LogP contribution in [0.5, 0.6) is 0 Å². The maximum Gasteiger partial charge on any atom is 0.325 e. The van der Waals surface area contributed by atoms with Gasteiger partial charge in [-0.1, -0.05) is 18.2 Å². The van der Waals surface area contributed by atoms with Gasteiger partial charge in [0.05, 0.1) is 0 Å². The monoisotopic (exact) mass is 262 g/mol. The van der Waals surface area contributed by atoms with Gasteiger partial charge in [-0.15, -0.1) is 0 Å². The molecular weight excluding hydrogens is 244 g/mol. The topological polar surface area (TPSA) is 74.3 Å². The maximum absolute atomic E-state index is 11.4. The van der Waals surface area contributed by atoms with Crippen molar-refractivity contribution in [3.8, 4) is 0 Å². The number of ether oxygens (including phenoxy) is 1. The minimum Gasteiger partial charge on any atom is -0.480 e. The van der Waals surface area contributed by atoms with E-state index in [1.807, 2.05) is 24.3 Å². The summed E-state index contributed by atoms with van der Waals surface area (Å²) in [6.07, 6.45) is 2.54. The summed E-state index contributed by atoms with van der Waals surface area (Å²) in [5, 5.41) is 13.3. The molecule has 0 saturated heterocycles. The largest absolute Gasteiger partial charge is 0.480 e. The quantitative estimate of drug-likeness (QED) is 0.666. The Morgan fingerprint density at radius 3 is 3.00 bits per heavy atom. The maximum atomic E-state index is 11.4. The third-order valence-corrected chi connectivity index (χ3v) is 3.05. The second-order valence-corrected chi connectivity index (χ2v) is 4.36. The minimum absolute atomic E-state index is 0.602. The highest BCUT2D eigenvalue weighted by molar-refractivity contribution is 5.89. The number of H-pyrrole nitrogens is 1. The second kappa shape index (κ2) is 6.36. The summed E-state index contributed by atoms with van der Waals surface area (Å²) in [6.45, 7) is 1.22. The number of aromatic nitrogens is 1. The summed E-state index contributed by atoms with van der Waals surface area (Å²) in [5.74, 6) is -0.873. The molecular formula is C14H18N2O3. The van der Waals surface area contributed by atoms with Crippen molar-refractivity contribution in [3.05, 3.63) is 36.0 Å². The number of hydrogen-bond acceptors (Lipinski definition) is 3. The van der Waals surface area contributed by atoms with Crippen LogP contribution < -0.4 is 5.32 Å². The van der Waals surface area contributed by atoms with E-state index in [-0.39, 0.29) is 0 Å². The van der Waals surface area contributed by atoms with Crippen molar-refractivity contribution in [1.82, 2.24) is 10.3 Å². The fourth-order valence-electron chi connectivity index (χ4n) is 2.13. The van der Waals surface area contributed by atoms with E-state index in [0.29, 0.717) is 13.2 Å². The van der Waals surface area contributed by atoms with E-state index >= 15 is 0 Å². The SMILES string of the molecule is COCCCN[C@@H](C(=O)O)c1c[nH]c2ccccc12. The molecule has 19 heavy (non-hydrogen) atoms. The molecule has 0 unspecified atom stereocenters. The number of carbonyl (C=O) groups is 1. The summed E-state index contributed by atoms with van der Waals surface area (Å²) in [7, 11) is 1.63. The van der Waals surface area contributed by atoms with Gasteiger partial charge < -0.3 is 20.1 Å². The molecule has 2 aromatic rings. The fraction of sp³-hybridized carbons (Fsp3) is 0.357. The first-order chi connectivity index (χ1) is 9.24. The number of nitrogens with one attached hydrogen (secondary N) is 2. The number of rotatable bonds is 7. The molecule has 1 atom stereocenters. The van der Waals surface area contributed by atoms with Crippen LogP contribution in [-0.2, 0) is 9.53 Å².